The number of carboxylic acid groups (broad SMARTS) is 1. The number of hydrogen-bond donors (Lipinski definition) is 3. The molecule has 0 saturated carbocycles. The van der Waals surface area contributed by atoms with Crippen LogP contribution in [0.25, 0.3) is 0 Å². The van der Waals surface area contributed by atoms with Gasteiger partial charge in [0, 0.05) is 6.04 Å². The zero-order valence-corrected chi connectivity index (χ0v) is 12.4. The largest absolute Gasteiger partial charge is 0.481 e. The summed E-state index contributed by atoms with van der Waals surface area (Å²) in [6.07, 6.45) is -0.0988. The van der Waals surface area contributed by atoms with Crippen molar-refractivity contribution >= 4 is 12.0 Å². The van der Waals surface area contributed by atoms with Gasteiger partial charge in [-0.3, -0.25) is 4.79 Å². The Kier molecular flexibility index (Phi) is 5.13. The molecule has 0 aliphatic carbocycles. The molecule has 1 aromatic carbocycles. The molecule has 5 nitrogen and oxygen atoms in total. The van der Waals surface area contributed by atoms with E-state index in [1.54, 1.807) is 6.92 Å². The van der Waals surface area contributed by atoms with E-state index in [0.29, 0.717) is 0 Å². The molecule has 0 aromatic heterocycles. The van der Waals surface area contributed by atoms with Crippen LogP contribution in [0.2, 0.25) is 0 Å². The first-order valence-corrected chi connectivity index (χ1v) is 6.58. The highest BCUT2D eigenvalue weighted by molar-refractivity contribution is 5.76. The summed E-state index contributed by atoms with van der Waals surface area (Å²) in [5, 5.41) is 14.1. The lowest BCUT2D eigenvalue weighted by Crippen LogP contribution is -2.49. The van der Waals surface area contributed by atoms with Crippen molar-refractivity contribution in [3.63, 3.8) is 0 Å². The Morgan fingerprint density at radius 1 is 1.25 bits per heavy atom. The lowest BCUT2D eigenvalue weighted by molar-refractivity contribution is -0.137. The molecule has 0 fully saturated rings. The second-order valence-corrected chi connectivity index (χ2v) is 5.59. The van der Waals surface area contributed by atoms with E-state index in [2.05, 4.69) is 10.6 Å². The van der Waals surface area contributed by atoms with Crippen LogP contribution in [-0.2, 0) is 10.3 Å². The Morgan fingerprint density at radius 3 is 2.30 bits per heavy atom. The minimum absolute atomic E-state index is 0.0988. The van der Waals surface area contributed by atoms with Gasteiger partial charge in [0.15, 0.2) is 0 Å². The van der Waals surface area contributed by atoms with Crippen LogP contribution in [0.15, 0.2) is 24.3 Å². The number of aliphatic carboxylic acids is 1. The maximum absolute atomic E-state index is 11.9. The summed E-state index contributed by atoms with van der Waals surface area (Å²) in [5.41, 5.74) is 1.62. The summed E-state index contributed by atoms with van der Waals surface area (Å²) in [6, 6.07) is 7.13. The fourth-order valence-electron chi connectivity index (χ4n) is 1.90. The first-order chi connectivity index (χ1) is 9.20. The summed E-state index contributed by atoms with van der Waals surface area (Å²) in [7, 11) is 0. The standard InChI is InChI=1S/C15H22N2O3/c1-10-5-7-12(8-6-10)15(3,4)17-14(20)16-11(2)9-13(18)19/h5-8,11H,9H2,1-4H3,(H,18,19)(H2,16,17,20). The Bertz CT molecular complexity index is 480. The predicted molar refractivity (Wildman–Crippen MR) is 77.6 cm³/mol. The fourth-order valence-corrected chi connectivity index (χ4v) is 1.90. The summed E-state index contributed by atoms with van der Waals surface area (Å²) < 4.78 is 0. The Balaban J connectivity index is 2.63. The molecule has 0 radical (unpaired) electrons. The molecule has 0 saturated heterocycles. The molecule has 1 aromatic rings. The van der Waals surface area contributed by atoms with Crippen molar-refractivity contribution in [3.8, 4) is 0 Å². The molecule has 0 aliphatic heterocycles. The van der Waals surface area contributed by atoms with Gasteiger partial charge in [0.2, 0.25) is 0 Å². The number of carbonyl (C=O) groups excluding carboxylic acids is 1. The van der Waals surface area contributed by atoms with Gasteiger partial charge in [0.1, 0.15) is 0 Å². The van der Waals surface area contributed by atoms with Gasteiger partial charge in [-0.05, 0) is 33.3 Å². The maximum Gasteiger partial charge on any atom is 0.315 e. The second-order valence-electron chi connectivity index (χ2n) is 5.59. The highest BCUT2D eigenvalue weighted by Crippen LogP contribution is 2.20. The highest BCUT2D eigenvalue weighted by Gasteiger charge is 2.23. The van der Waals surface area contributed by atoms with Crippen LogP contribution in [0.1, 0.15) is 38.3 Å². The van der Waals surface area contributed by atoms with Gasteiger partial charge < -0.3 is 15.7 Å². The zero-order chi connectivity index (χ0) is 15.3. The molecule has 1 rings (SSSR count). The van der Waals surface area contributed by atoms with Crippen LogP contribution in [0.4, 0.5) is 4.79 Å². The van der Waals surface area contributed by atoms with Gasteiger partial charge in [-0.1, -0.05) is 29.8 Å². The van der Waals surface area contributed by atoms with E-state index in [-0.39, 0.29) is 12.5 Å². The van der Waals surface area contributed by atoms with Crippen molar-refractivity contribution in [1.29, 1.82) is 0 Å². The molecule has 0 bridgehead atoms. The number of rotatable bonds is 5. The number of aryl methyl sites for hydroxylation is 1. The number of carbonyl (C=O) groups is 2. The van der Waals surface area contributed by atoms with Crippen molar-refractivity contribution in [3.05, 3.63) is 35.4 Å². The van der Waals surface area contributed by atoms with Crippen LogP contribution in [0.3, 0.4) is 0 Å². The van der Waals surface area contributed by atoms with Crippen molar-refractivity contribution in [2.45, 2.75) is 45.7 Å². The van der Waals surface area contributed by atoms with Crippen molar-refractivity contribution in [2.75, 3.05) is 0 Å². The average Bonchev–Trinajstić information content (AvgIpc) is 2.26. The molecular formula is C15H22N2O3. The maximum atomic E-state index is 11.9. The molecule has 1 unspecified atom stereocenters. The minimum atomic E-state index is -0.935. The number of hydrogen-bond acceptors (Lipinski definition) is 2. The van der Waals surface area contributed by atoms with E-state index in [4.69, 9.17) is 5.11 Å². The Labute approximate surface area is 119 Å². The van der Waals surface area contributed by atoms with Crippen LogP contribution < -0.4 is 10.6 Å². The normalized spacial score (nSPS) is 12.6. The van der Waals surface area contributed by atoms with Crippen LogP contribution in [0.5, 0.6) is 0 Å². The van der Waals surface area contributed by atoms with E-state index in [9.17, 15) is 9.59 Å². The van der Waals surface area contributed by atoms with Crippen molar-refractivity contribution in [2.24, 2.45) is 0 Å². The number of nitrogens with one attached hydrogen (secondary N) is 2. The third-order valence-corrected chi connectivity index (χ3v) is 3.06. The molecule has 0 aliphatic rings. The van der Waals surface area contributed by atoms with E-state index >= 15 is 0 Å². The van der Waals surface area contributed by atoms with E-state index in [1.807, 2.05) is 45.0 Å². The second kappa shape index (κ2) is 6.41. The Morgan fingerprint density at radius 2 is 1.80 bits per heavy atom. The van der Waals surface area contributed by atoms with Crippen LogP contribution in [0, 0.1) is 6.92 Å². The van der Waals surface area contributed by atoms with Gasteiger partial charge in [-0.2, -0.15) is 0 Å². The van der Waals surface area contributed by atoms with Gasteiger partial charge >= 0.3 is 12.0 Å². The SMILES string of the molecule is Cc1ccc(C(C)(C)NC(=O)NC(C)CC(=O)O)cc1. The van der Waals surface area contributed by atoms with Crippen LogP contribution in [-0.4, -0.2) is 23.1 Å². The first kappa shape index (κ1) is 16.0. The number of carboxylic acids is 1. The lowest BCUT2D eigenvalue weighted by Gasteiger charge is -2.28. The molecule has 3 N–H and O–H groups in total. The van der Waals surface area contributed by atoms with Gasteiger partial charge in [-0.25, -0.2) is 4.79 Å². The van der Waals surface area contributed by atoms with Gasteiger partial charge in [0.25, 0.3) is 0 Å². The summed E-state index contributed by atoms with van der Waals surface area (Å²) >= 11 is 0. The predicted octanol–water partition coefficient (Wildman–Crippen LogP) is 2.39. The number of amides is 2. The average molecular weight is 278 g/mol. The summed E-state index contributed by atoms with van der Waals surface area (Å²) in [5.74, 6) is -0.935. The minimum Gasteiger partial charge on any atom is -0.481 e. The smallest absolute Gasteiger partial charge is 0.315 e. The molecule has 5 heteroatoms. The van der Waals surface area contributed by atoms with E-state index < -0.39 is 17.6 Å². The lowest BCUT2D eigenvalue weighted by atomic mass is 9.94. The molecule has 20 heavy (non-hydrogen) atoms. The number of benzene rings is 1. The Hall–Kier alpha value is -2.04. The van der Waals surface area contributed by atoms with Crippen LogP contribution >= 0.6 is 0 Å². The fraction of sp³-hybridized carbons (Fsp3) is 0.467. The topological polar surface area (TPSA) is 78.4 Å². The molecule has 1 atom stereocenters. The van der Waals surface area contributed by atoms with E-state index in [1.165, 1.54) is 0 Å². The van der Waals surface area contributed by atoms with Crippen molar-refractivity contribution < 1.29 is 14.7 Å². The van der Waals surface area contributed by atoms with Crippen molar-refractivity contribution in [1.82, 2.24) is 10.6 Å². The van der Waals surface area contributed by atoms with E-state index in [0.717, 1.165) is 11.1 Å². The zero-order valence-electron chi connectivity index (χ0n) is 12.4. The molecule has 0 spiro atoms. The van der Waals surface area contributed by atoms with Gasteiger partial charge in [-0.15, -0.1) is 0 Å². The molecular weight excluding hydrogens is 256 g/mol. The molecule has 0 heterocycles. The monoisotopic (exact) mass is 278 g/mol. The summed E-state index contributed by atoms with van der Waals surface area (Å²) in [6.45, 7) is 7.47. The first-order valence-electron chi connectivity index (χ1n) is 6.58. The summed E-state index contributed by atoms with van der Waals surface area (Å²) in [4.78, 5) is 22.4. The third kappa shape index (κ3) is 4.91. The molecule has 2 amide bonds. The van der Waals surface area contributed by atoms with Gasteiger partial charge in [0.05, 0.1) is 12.0 Å². The molecule has 110 valence electrons. The quantitative estimate of drug-likeness (QED) is 0.774. The third-order valence-electron chi connectivity index (χ3n) is 3.06. The highest BCUT2D eigenvalue weighted by atomic mass is 16.4. The number of urea groups is 1.